The molecule has 0 bridgehead atoms. The number of quaternary nitrogens is 1. The minimum atomic E-state index is -0.184. The van der Waals surface area contributed by atoms with Crippen molar-refractivity contribution in [3.63, 3.8) is 0 Å². The fourth-order valence-corrected chi connectivity index (χ4v) is 2.45. The summed E-state index contributed by atoms with van der Waals surface area (Å²) in [5.74, 6) is -0.184. The van der Waals surface area contributed by atoms with Crippen LogP contribution in [0.4, 0.5) is 4.39 Å². The normalized spacial score (nSPS) is 17.2. The molecule has 0 spiro atoms. The van der Waals surface area contributed by atoms with Crippen molar-refractivity contribution in [1.29, 1.82) is 0 Å². The van der Waals surface area contributed by atoms with E-state index in [9.17, 15) is 4.39 Å². The first-order chi connectivity index (χ1) is 7.27. The topological polar surface area (TPSA) is 16.6 Å². The van der Waals surface area contributed by atoms with E-state index in [0.717, 1.165) is 0 Å². The number of rotatable bonds is 3. The number of nitrogens with two attached hydrogens (primary N) is 1. The average Bonchev–Trinajstić information content (AvgIpc) is 2.70. The first kappa shape index (κ1) is 10.9. The van der Waals surface area contributed by atoms with E-state index >= 15 is 0 Å². The largest absolute Gasteiger partial charge is 0.340 e. The Kier molecular flexibility index (Phi) is 3.60. The lowest BCUT2D eigenvalue weighted by atomic mass is 10.2. The van der Waals surface area contributed by atoms with Crippen molar-refractivity contribution in [2.24, 2.45) is 0 Å². The summed E-state index contributed by atoms with van der Waals surface area (Å²) in [4.78, 5) is 0. The lowest BCUT2D eigenvalue weighted by Crippen LogP contribution is -2.88. The van der Waals surface area contributed by atoms with Gasteiger partial charge in [0.2, 0.25) is 0 Å². The van der Waals surface area contributed by atoms with Gasteiger partial charge in [-0.1, -0.05) is 17.7 Å². The van der Waals surface area contributed by atoms with Crippen molar-refractivity contribution in [3.8, 4) is 0 Å². The van der Waals surface area contributed by atoms with Crippen LogP contribution in [0.3, 0.4) is 0 Å². The zero-order valence-electron chi connectivity index (χ0n) is 8.68. The van der Waals surface area contributed by atoms with Crippen molar-refractivity contribution >= 4 is 11.6 Å². The molecule has 0 radical (unpaired) electrons. The molecule has 1 aliphatic carbocycles. The third kappa shape index (κ3) is 2.70. The summed E-state index contributed by atoms with van der Waals surface area (Å²) in [7, 11) is 0. The van der Waals surface area contributed by atoms with E-state index in [2.05, 4.69) is 5.32 Å². The summed E-state index contributed by atoms with van der Waals surface area (Å²) in [6, 6.07) is 5.55. The van der Waals surface area contributed by atoms with Gasteiger partial charge in [-0.15, -0.1) is 0 Å². The second kappa shape index (κ2) is 4.95. The summed E-state index contributed by atoms with van der Waals surface area (Å²) >= 11 is 5.95. The molecule has 1 aromatic carbocycles. The van der Waals surface area contributed by atoms with Gasteiger partial charge in [0.1, 0.15) is 12.4 Å². The van der Waals surface area contributed by atoms with Gasteiger partial charge < -0.3 is 5.32 Å². The highest BCUT2D eigenvalue weighted by molar-refractivity contribution is 6.31. The van der Waals surface area contributed by atoms with E-state index < -0.39 is 0 Å². The van der Waals surface area contributed by atoms with Crippen LogP contribution < -0.4 is 5.32 Å². The van der Waals surface area contributed by atoms with Gasteiger partial charge in [-0.05, 0) is 37.8 Å². The molecule has 0 aliphatic heterocycles. The van der Waals surface area contributed by atoms with E-state index in [1.54, 1.807) is 12.1 Å². The Morgan fingerprint density at radius 3 is 2.73 bits per heavy atom. The maximum Gasteiger partial charge on any atom is 0.133 e. The number of hydrogen-bond donors (Lipinski definition) is 1. The Morgan fingerprint density at radius 2 is 2.07 bits per heavy atom. The maximum atomic E-state index is 13.4. The second-order valence-electron chi connectivity index (χ2n) is 4.18. The van der Waals surface area contributed by atoms with Gasteiger partial charge in [0.25, 0.3) is 0 Å². The van der Waals surface area contributed by atoms with Crippen LogP contribution in [0.2, 0.25) is 5.02 Å². The monoisotopic (exact) mass is 228 g/mol. The fraction of sp³-hybridized carbons (Fsp3) is 0.500. The molecular weight excluding hydrogens is 213 g/mol. The van der Waals surface area contributed by atoms with Crippen LogP contribution >= 0.6 is 11.6 Å². The Morgan fingerprint density at radius 1 is 1.33 bits per heavy atom. The van der Waals surface area contributed by atoms with E-state index in [1.165, 1.54) is 31.7 Å². The molecule has 0 aromatic heterocycles. The number of benzene rings is 1. The fourth-order valence-electron chi connectivity index (χ4n) is 2.20. The van der Waals surface area contributed by atoms with Crippen molar-refractivity contribution in [1.82, 2.24) is 0 Å². The van der Waals surface area contributed by atoms with Crippen LogP contribution in [0.25, 0.3) is 0 Å². The van der Waals surface area contributed by atoms with Crippen LogP contribution in [0.1, 0.15) is 31.2 Å². The van der Waals surface area contributed by atoms with Crippen LogP contribution in [-0.2, 0) is 6.54 Å². The van der Waals surface area contributed by atoms with Gasteiger partial charge >= 0.3 is 0 Å². The zero-order valence-corrected chi connectivity index (χ0v) is 9.43. The minimum absolute atomic E-state index is 0.184. The Balaban J connectivity index is 1.97. The van der Waals surface area contributed by atoms with Gasteiger partial charge in [0.15, 0.2) is 0 Å². The average molecular weight is 229 g/mol. The third-order valence-corrected chi connectivity index (χ3v) is 3.47. The summed E-state index contributed by atoms with van der Waals surface area (Å²) in [5, 5.41) is 2.77. The van der Waals surface area contributed by atoms with Crippen LogP contribution in [0.5, 0.6) is 0 Å². The standard InChI is InChI=1S/C12H15ClFN/c13-11-6-3-7-12(14)10(11)8-15-9-4-1-2-5-9/h3,6-7,9,15H,1-2,4-5,8H2/p+1. The summed E-state index contributed by atoms with van der Waals surface area (Å²) in [6.07, 6.45) is 5.14. The van der Waals surface area contributed by atoms with Crippen molar-refractivity contribution in [3.05, 3.63) is 34.6 Å². The maximum absolute atomic E-state index is 13.4. The van der Waals surface area contributed by atoms with Crippen molar-refractivity contribution < 1.29 is 9.71 Å². The quantitative estimate of drug-likeness (QED) is 0.819. The highest BCUT2D eigenvalue weighted by atomic mass is 35.5. The van der Waals surface area contributed by atoms with Crippen LogP contribution in [0, 0.1) is 5.82 Å². The van der Waals surface area contributed by atoms with E-state index in [4.69, 9.17) is 11.6 Å². The molecule has 0 unspecified atom stereocenters. The molecule has 3 heteroatoms. The van der Waals surface area contributed by atoms with Crippen LogP contribution in [0.15, 0.2) is 18.2 Å². The van der Waals surface area contributed by atoms with Gasteiger partial charge in [0.05, 0.1) is 16.6 Å². The Bertz CT molecular complexity index is 314. The van der Waals surface area contributed by atoms with E-state index in [1.807, 2.05) is 0 Å². The van der Waals surface area contributed by atoms with Crippen molar-refractivity contribution in [2.75, 3.05) is 0 Å². The zero-order chi connectivity index (χ0) is 10.7. The third-order valence-electron chi connectivity index (χ3n) is 3.12. The molecule has 0 atom stereocenters. The predicted molar refractivity (Wildman–Crippen MR) is 59.3 cm³/mol. The van der Waals surface area contributed by atoms with E-state index in [-0.39, 0.29) is 5.82 Å². The molecule has 1 nitrogen and oxygen atoms in total. The summed E-state index contributed by atoms with van der Waals surface area (Å²) in [5.41, 5.74) is 0.645. The Hall–Kier alpha value is -0.600. The number of halogens is 2. The molecule has 2 rings (SSSR count). The molecule has 2 N–H and O–H groups in total. The molecule has 1 saturated carbocycles. The van der Waals surface area contributed by atoms with Crippen LogP contribution in [-0.4, -0.2) is 6.04 Å². The van der Waals surface area contributed by atoms with Gasteiger partial charge in [0, 0.05) is 0 Å². The Labute approximate surface area is 94.6 Å². The molecule has 1 aromatic rings. The molecular formula is C12H16ClFN+. The number of hydrogen-bond acceptors (Lipinski definition) is 0. The van der Waals surface area contributed by atoms with Gasteiger partial charge in [-0.2, -0.15) is 0 Å². The predicted octanol–water partition coefficient (Wildman–Crippen LogP) is 2.49. The second-order valence-corrected chi connectivity index (χ2v) is 4.59. The first-order valence-corrected chi connectivity index (χ1v) is 5.91. The smallest absolute Gasteiger partial charge is 0.133 e. The van der Waals surface area contributed by atoms with Gasteiger partial charge in [-0.3, -0.25) is 0 Å². The highest BCUT2D eigenvalue weighted by Crippen LogP contribution is 2.18. The minimum Gasteiger partial charge on any atom is -0.340 e. The molecule has 15 heavy (non-hydrogen) atoms. The van der Waals surface area contributed by atoms with Gasteiger partial charge in [-0.25, -0.2) is 4.39 Å². The molecule has 0 amide bonds. The molecule has 82 valence electrons. The molecule has 1 aliphatic rings. The SMILES string of the molecule is Fc1cccc(Cl)c1C[NH2+]C1CCCC1. The van der Waals surface area contributed by atoms with Crippen molar-refractivity contribution in [2.45, 2.75) is 38.3 Å². The van der Waals surface area contributed by atoms with E-state index in [0.29, 0.717) is 23.2 Å². The summed E-state index contributed by atoms with van der Waals surface area (Å²) in [6.45, 7) is 0.663. The summed E-state index contributed by atoms with van der Waals surface area (Å²) < 4.78 is 13.4. The lowest BCUT2D eigenvalue weighted by Gasteiger charge is -2.09. The lowest BCUT2D eigenvalue weighted by molar-refractivity contribution is -0.703. The molecule has 1 fully saturated rings. The highest BCUT2D eigenvalue weighted by Gasteiger charge is 2.18. The molecule has 0 heterocycles. The molecule has 0 saturated heterocycles. The first-order valence-electron chi connectivity index (χ1n) is 5.53.